The first-order valence-electron chi connectivity index (χ1n) is 9.95. The van der Waals surface area contributed by atoms with E-state index in [-0.39, 0.29) is 11.9 Å². The standard InChI is InChI=1S/C23H23ClN2O2S/c24-19-12-6-4-9-17(19)15-28-21-13-7-5-8-16(21)14-20-22(27)26(23(29)25-20)18-10-2-1-3-11-18/h4-9,12-14,18H,1-3,10-11,15H2,(H,25,29)/b20-14-. The first-order valence-corrected chi connectivity index (χ1v) is 10.7. The molecule has 0 radical (unpaired) electrons. The lowest BCUT2D eigenvalue weighted by Gasteiger charge is -2.29. The van der Waals surface area contributed by atoms with Gasteiger partial charge in [-0.15, -0.1) is 0 Å². The van der Waals surface area contributed by atoms with Crippen molar-refractivity contribution in [1.29, 1.82) is 0 Å². The summed E-state index contributed by atoms with van der Waals surface area (Å²) in [6.07, 6.45) is 7.37. The zero-order valence-electron chi connectivity index (χ0n) is 16.1. The van der Waals surface area contributed by atoms with Gasteiger partial charge in [-0.1, -0.05) is 67.3 Å². The first kappa shape index (κ1) is 19.9. The van der Waals surface area contributed by atoms with Crippen molar-refractivity contribution in [3.63, 3.8) is 0 Å². The predicted octanol–water partition coefficient (Wildman–Crippen LogP) is 5.31. The summed E-state index contributed by atoms with van der Waals surface area (Å²) in [5, 5.41) is 4.28. The molecule has 2 fully saturated rings. The average Bonchev–Trinajstić information content (AvgIpc) is 3.02. The van der Waals surface area contributed by atoms with E-state index in [2.05, 4.69) is 5.32 Å². The van der Waals surface area contributed by atoms with Crippen LogP contribution in [0.2, 0.25) is 5.02 Å². The van der Waals surface area contributed by atoms with Gasteiger partial charge < -0.3 is 10.1 Å². The number of amides is 1. The third kappa shape index (κ3) is 4.46. The second-order valence-electron chi connectivity index (χ2n) is 7.37. The lowest BCUT2D eigenvalue weighted by molar-refractivity contribution is -0.124. The molecular formula is C23H23ClN2O2S. The van der Waals surface area contributed by atoms with E-state index in [1.807, 2.05) is 54.6 Å². The van der Waals surface area contributed by atoms with Gasteiger partial charge in [-0.25, -0.2) is 0 Å². The van der Waals surface area contributed by atoms with Gasteiger partial charge in [-0.3, -0.25) is 9.69 Å². The lowest BCUT2D eigenvalue weighted by Crippen LogP contribution is -2.41. The summed E-state index contributed by atoms with van der Waals surface area (Å²) < 4.78 is 6.01. The molecule has 0 unspecified atom stereocenters. The van der Waals surface area contributed by atoms with E-state index < -0.39 is 0 Å². The Bertz CT molecular complexity index is 953. The highest BCUT2D eigenvalue weighted by Gasteiger charge is 2.36. The predicted molar refractivity (Wildman–Crippen MR) is 120 cm³/mol. The number of nitrogens with one attached hydrogen (secondary N) is 1. The average molecular weight is 427 g/mol. The van der Waals surface area contributed by atoms with Gasteiger partial charge in [-0.05, 0) is 43.3 Å². The molecule has 150 valence electrons. The minimum atomic E-state index is -0.0530. The number of halogens is 1. The molecule has 1 saturated heterocycles. The van der Waals surface area contributed by atoms with Crippen molar-refractivity contribution in [3.05, 3.63) is 70.4 Å². The largest absolute Gasteiger partial charge is 0.488 e. The summed E-state index contributed by atoms with van der Waals surface area (Å²) in [4.78, 5) is 14.8. The molecule has 2 aromatic carbocycles. The number of hydrogen-bond donors (Lipinski definition) is 1. The van der Waals surface area contributed by atoms with Crippen LogP contribution < -0.4 is 10.1 Å². The zero-order valence-corrected chi connectivity index (χ0v) is 17.6. The smallest absolute Gasteiger partial charge is 0.276 e. The van der Waals surface area contributed by atoms with Crippen molar-refractivity contribution in [2.75, 3.05) is 0 Å². The lowest BCUT2D eigenvalue weighted by atomic mass is 9.94. The van der Waals surface area contributed by atoms with E-state index in [0.29, 0.717) is 28.2 Å². The fourth-order valence-corrected chi connectivity index (χ4v) is 4.41. The molecule has 1 amide bonds. The van der Waals surface area contributed by atoms with E-state index in [1.165, 1.54) is 6.42 Å². The second-order valence-corrected chi connectivity index (χ2v) is 8.17. The van der Waals surface area contributed by atoms with Gasteiger partial charge in [0, 0.05) is 22.2 Å². The normalized spacial score (nSPS) is 18.9. The number of hydrogen-bond acceptors (Lipinski definition) is 3. The van der Waals surface area contributed by atoms with Gasteiger partial charge in [0.2, 0.25) is 0 Å². The Hall–Kier alpha value is -2.37. The van der Waals surface area contributed by atoms with Crippen LogP contribution in [0.1, 0.15) is 43.2 Å². The van der Waals surface area contributed by atoms with Crippen molar-refractivity contribution in [3.8, 4) is 5.75 Å². The number of benzene rings is 2. The van der Waals surface area contributed by atoms with Gasteiger partial charge in [0.1, 0.15) is 18.1 Å². The highest BCUT2D eigenvalue weighted by Crippen LogP contribution is 2.29. The van der Waals surface area contributed by atoms with E-state index in [9.17, 15) is 4.79 Å². The molecule has 1 saturated carbocycles. The van der Waals surface area contributed by atoms with Crippen LogP contribution in [-0.4, -0.2) is 22.0 Å². The minimum Gasteiger partial charge on any atom is -0.488 e. The molecule has 1 N–H and O–H groups in total. The number of carbonyl (C=O) groups is 1. The summed E-state index contributed by atoms with van der Waals surface area (Å²) in [6.45, 7) is 0.355. The van der Waals surface area contributed by atoms with E-state index in [4.69, 9.17) is 28.6 Å². The number of ether oxygens (including phenoxy) is 1. The molecule has 0 spiro atoms. The van der Waals surface area contributed by atoms with Crippen LogP contribution in [0.5, 0.6) is 5.75 Å². The number of carbonyl (C=O) groups excluding carboxylic acids is 1. The van der Waals surface area contributed by atoms with Crippen molar-refractivity contribution in [2.45, 2.75) is 44.8 Å². The molecule has 4 nitrogen and oxygen atoms in total. The van der Waals surface area contributed by atoms with E-state index in [1.54, 1.807) is 4.90 Å². The SMILES string of the molecule is O=C1/C(=C/c2ccccc2OCc2ccccc2Cl)NC(=S)N1C1CCCCC1. The van der Waals surface area contributed by atoms with Crippen LogP contribution in [0.4, 0.5) is 0 Å². The molecule has 1 heterocycles. The molecule has 0 bridgehead atoms. The third-order valence-electron chi connectivity index (χ3n) is 5.41. The third-order valence-corrected chi connectivity index (χ3v) is 6.08. The Morgan fingerprint density at radius 3 is 2.62 bits per heavy atom. The molecule has 1 aliphatic carbocycles. The summed E-state index contributed by atoms with van der Waals surface area (Å²) in [5.74, 6) is 0.638. The molecule has 1 aliphatic heterocycles. The quantitative estimate of drug-likeness (QED) is 0.519. The van der Waals surface area contributed by atoms with Crippen LogP contribution in [0, 0.1) is 0 Å². The molecule has 0 atom stereocenters. The summed E-state index contributed by atoms with van der Waals surface area (Å²) in [7, 11) is 0. The van der Waals surface area contributed by atoms with Gasteiger partial charge in [0.15, 0.2) is 5.11 Å². The molecule has 2 aliphatic rings. The Morgan fingerprint density at radius 1 is 1.10 bits per heavy atom. The Labute approximate surface area is 181 Å². The highest BCUT2D eigenvalue weighted by atomic mass is 35.5. The Balaban J connectivity index is 1.53. The van der Waals surface area contributed by atoms with Gasteiger partial charge in [-0.2, -0.15) is 0 Å². The van der Waals surface area contributed by atoms with Crippen LogP contribution >= 0.6 is 23.8 Å². The van der Waals surface area contributed by atoms with Crippen molar-refractivity contribution in [2.24, 2.45) is 0 Å². The maximum Gasteiger partial charge on any atom is 0.276 e. The second kappa shape index (κ2) is 8.97. The van der Waals surface area contributed by atoms with Crippen molar-refractivity contribution < 1.29 is 9.53 Å². The number of nitrogens with zero attached hydrogens (tertiary/aromatic N) is 1. The molecule has 0 aromatic heterocycles. The van der Waals surface area contributed by atoms with Gasteiger partial charge in [0.05, 0.1) is 0 Å². The fraction of sp³-hybridized carbons (Fsp3) is 0.304. The van der Waals surface area contributed by atoms with Crippen LogP contribution in [0.3, 0.4) is 0 Å². The molecular weight excluding hydrogens is 404 g/mol. The number of para-hydroxylation sites is 1. The topological polar surface area (TPSA) is 41.6 Å². The van der Waals surface area contributed by atoms with E-state index in [0.717, 1.165) is 36.8 Å². The Kier molecular flexibility index (Phi) is 6.16. The Morgan fingerprint density at radius 2 is 1.83 bits per heavy atom. The van der Waals surface area contributed by atoms with E-state index >= 15 is 0 Å². The monoisotopic (exact) mass is 426 g/mol. The summed E-state index contributed by atoms with van der Waals surface area (Å²) >= 11 is 11.7. The minimum absolute atomic E-state index is 0.0530. The van der Waals surface area contributed by atoms with Crippen molar-refractivity contribution >= 4 is 40.9 Å². The van der Waals surface area contributed by atoms with Gasteiger partial charge in [0.25, 0.3) is 5.91 Å². The number of rotatable bonds is 5. The molecule has 29 heavy (non-hydrogen) atoms. The van der Waals surface area contributed by atoms with Crippen LogP contribution in [-0.2, 0) is 11.4 Å². The molecule has 2 aromatic rings. The summed E-state index contributed by atoms with van der Waals surface area (Å²) in [5.41, 5.74) is 2.23. The first-order chi connectivity index (χ1) is 14.1. The molecule has 4 rings (SSSR count). The van der Waals surface area contributed by atoms with Crippen molar-refractivity contribution in [1.82, 2.24) is 10.2 Å². The highest BCUT2D eigenvalue weighted by molar-refractivity contribution is 7.80. The zero-order chi connectivity index (χ0) is 20.2. The summed E-state index contributed by atoms with van der Waals surface area (Å²) in [6, 6.07) is 15.5. The van der Waals surface area contributed by atoms with Crippen LogP contribution in [0.15, 0.2) is 54.2 Å². The van der Waals surface area contributed by atoms with Gasteiger partial charge >= 0.3 is 0 Å². The maximum absolute atomic E-state index is 13.0. The maximum atomic E-state index is 13.0. The molecule has 6 heteroatoms. The van der Waals surface area contributed by atoms with Crippen LogP contribution in [0.25, 0.3) is 6.08 Å². The number of thiocarbonyl (C=S) groups is 1. The fourth-order valence-electron chi connectivity index (χ4n) is 3.88.